The summed E-state index contributed by atoms with van der Waals surface area (Å²) in [6.45, 7) is 4.61. The third kappa shape index (κ3) is 5.29. The van der Waals surface area contributed by atoms with Gasteiger partial charge in [-0.15, -0.1) is 0 Å². The van der Waals surface area contributed by atoms with Crippen LogP contribution in [0.4, 0.5) is 16.2 Å². The maximum absolute atomic E-state index is 10.8. The summed E-state index contributed by atoms with van der Waals surface area (Å²) in [6, 6.07) is 7.79. The first-order chi connectivity index (χ1) is 10.0. The molecule has 2 atom stereocenters. The van der Waals surface area contributed by atoms with Gasteiger partial charge in [0.25, 0.3) is 0 Å². The molecule has 116 valence electrons. The van der Waals surface area contributed by atoms with Gasteiger partial charge in [-0.2, -0.15) is 0 Å². The van der Waals surface area contributed by atoms with Gasteiger partial charge >= 0.3 is 6.03 Å². The number of nitrogens with two attached hydrogens (primary N) is 1. The third-order valence-electron chi connectivity index (χ3n) is 4.11. The van der Waals surface area contributed by atoms with Crippen molar-refractivity contribution in [3.63, 3.8) is 0 Å². The Balaban J connectivity index is 1.87. The number of amides is 2. The minimum Gasteiger partial charge on any atom is -0.382 e. The Bertz CT molecular complexity index is 456. The van der Waals surface area contributed by atoms with Crippen LogP contribution in [-0.2, 0) is 0 Å². The van der Waals surface area contributed by atoms with Crippen LogP contribution in [0.3, 0.4) is 0 Å². The van der Waals surface area contributed by atoms with Gasteiger partial charge in [0.1, 0.15) is 0 Å². The van der Waals surface area contributed by atoms with E-state index in [1.54, 1.807) is 0 Å². The first-order valence-electron chi connectivity index (χ1n) is 7.96. The van der Waals surface area contributed by atoms with Crippen molar-refractivity contribution in [2.45, 2.75) is 52.0 Å². The lowest BCUT2D eigenvalue weighted by atomic mass is 9.81. The normalized spacial score (nSPS) is 22.0. The number of anilines is 2. The highest BCUT2D eigenvalue weighted by Crippen LogP contribution is 2.31. The maximum Gasteiger partial charge on any atom is 0.316 e. The fraction of sp³-hybridized carbons (Fsp3) is 0.588. The number of carbonyl (C=O) groups is 1. The summed E-state index contributed by atoms with van der Waals surface area (Å²) in [7, 11) is 0. The minimum absolute atomic E-state index is 0.528. The highest BCUT2D eigenvalue weighted by atomic mass is 16.2. The molecule has 0 spiro atoms. The zero-order valence-corrected chi connectivity index (χ0v) is 13.1. The van der Waals surface area contributed by atoms with Gasteiger partial charge in [0, 0.05) is 17.4 Å². The van der Waals surface area contributed by atoms with Crippen molar-refractivity contribution in [1.29, 1.82) is 0 Å². The number of carbonyl (C=O) groups excluding carboxylic acids is 1. The Labute approximate surface area is 127 Å². The Hall–Kier alpha value is -1.71. The monoisotopic (exact) mass is 289 g/mol. The van der Waals surface area contributed by atoms with Gasteiger partial charge in [0.2, 0.25) is 0 Å². The lowest BCUT2D eigenvalue weighted by Crippen LogP contribution is -2.28. The molecule has 4 N–H and O–H groups in total. The van der Waals surface area contributed by atoms with Gasteiger partial charge in [-0.05, 0) is 55.4 Å². The molecular formula is C17H27N3O. The van der Waals surface area contributed by atoms with E-state index in [-0.39, 0.29) is 0 Å². The first kappa shape index (κ1) is 15.7. The van der Waals surface area contributed by atoms with Crippen LogP contribution in [0.2, 0.25) is 0 Å². The summed E-state index contributed by atoms with van der Waals surface area (Å²) in [6.07, 6.45) is 6.53. The molecular weight excluding hydrogens is 262 g/mol. The molecule has 0 heterocycles. The van der Waals surface area contributed by atoms with Crippen LogP contribution in [0.5, 0.6) is 0 Å². The SMILES string of the molecule is CC(C)CC1CCCC(Nc2ccc(NC(N)=O)cc2)C1. The lowest BCUT2D eigenvalue weighted by Gasteiger charge is -2.31. The van der Waals surface area contributed by atoms with Crippen LogP contribution in [0.15, 0.2) is 24.3 Å². The first-order valence-corrected chi connectivity index (χ1v) is 7.96. The molecule has 0 bridgehead atoms. The molecule has 2 amide bonds. The van der Waals surface area contributed by atoms with Crippen molar-refractivity contribution in [3.05, 3.63) is 24.3 Å². The Morgan fingerprint density at radius 3 is 2.52 bits per heavy atom. The molecule has 0 aliphatic heterocycles. The second-order valence-electron chi connectivity index (χ2n) is 6.57. The molecule has 1 aliphatic rings. The maximum atomic E-state index is 10.8. The molecule has 1 fully saturated rings. The van der Waals surface area contributed by atoms with Gasteiger partial charge in [0.05, 0.1) is 0 Å². The van der Waals surface area contributed by atoms with Crippen molar-refractivity contribution in [2.24, 2.45) is 17.6 Å². The van der Waals surface area contributed by atoms with Crippen molar-refractivity contribution in [1.82, 2.24) is 0 Å². The second kappa shape index (κ2) is 7.34. The summed E-state index contributed by atoms with van der Waals surface area (Å²) in [5.41, 5.74) is 6.94. The highest BCUT2D eigenvalue weighted by Gasteiger charge is 2.22. The van der Waals surface area contributed by atoms with E-state index in [0.29, 0.717) is 6.04 Å². The fourth-order valence-electron chi connectivity index (χ4n) is 3.33. The molecule has 4 heteroatoms. The Kier molecular flexibility index (Phi) is 5.48. The van der Waals surface area contributed by atoms with Gasteiger partial charge in [-0.25, -0.2) is 4.79 Å². The van der Waals surface area contributed by atoms with Crippen LogP contribution in [0, 0.1) is 11.8 Å². The number of urea groups is 1. The molecule has 2 unspecified atom stereocenters. The molecule has 1 aromatic rings. The fourth-order valence-corrected chi connectivity index (χ4v) is 3.33. The number of rotatable bonds is 5. The summed E-state index contributed by atoms with van der Waals surface area (Å²) >= 11 is 0. The summed E-state index contributed by atoms with van der Waals surface area (Å²) in [4.78, 5) is 10.8. The van der Waals surface area contributed by atoms with E-state index in [0.717, 1.165) is 23.2 Å². The van der Waals surface area contributed by atoms with Crippen LogP contribution < -0.4 is 16.4 Å². The number of hydrogen-bond acceptors (Lipinski definition) is 2. The van der Waals surface area contributed by atoms with Crippen LogP contribution in [0.1, 0.15) is 46.0 Å². The standard InChI is InChI=1S/C17H27N3O/c1-12(2)10-13-4-3-5-16(11-13)19-14-6-8-15(9-7-14)20-17(18)21/h6-9,12-13,16,19H,3-5,10-11H2,1-2H3,(H3,18,20,21). The number of hydrogen-bond donors (Lipinski definition) is 3. The summed E-state index contributed by atoms with van der Waals surface area (Å²) in [5, 5.41) is 6.20. The average molecular weight is 289 g/mol. The highest BCUT2D eigenvalue weighted by molar-refractivity contribution is 5.87. The molecule has 2 rings (SSSR count). The predicted octanol–water partition coefficient (Wildman–Crippen LogP) is 4.19. The van der Waals surface area contributed by atoms with Crippen LogP contribution in [-0.4, -0.2) is 12.1 Å². The van der Waals surface area contributed by atoms with E-state index >= 15 is 0 Å². The van der Waals surface area contributed by atoms with Crippen LogP contribution >= 0.6 is 0 Å². The minimum atomic E-state index is -0.528. The molecule has 1 aromatic carbocycles. The second-order valence-corrected chi connectivity index (χ2v) is 6.57. The molecule has 0 radical (unpaired) electrons. The molecule has 1 aliphatic carbocycles. The molecule has 4 nitrogen and oxygen atoms in total. The van der Waals surface area contributed by atoms with E-state index in [2.05, 4.69) is 24.5 Å². The van der Waals surface area contributed by atoms with E-state index < -0.39 is 6.03 Å². The van der Waals surface area contributed by atoms with E-state index in [9.17, 15) is 4.79 Å². The van der Waals surface area contributed by atoms with Crippen molar-refractivity contribution in [3.8, 4) is 0 Å². The lowest BCUT2D eigenvalue weighted by molar-refractivity contribution is 0.259. The number of benzene rings is 1. The van der Waals surface area contributed by atoms with Gasteiger partial charge < -0.3 is 16.4 Å². The number of primary amides is 1. The van der Waals surface area contributed by atoms with E-state index in [1.165, 1.54) is 32.1 Å². The number of nitrogens with one attached hydrogen (secondary N) is 2. The molecule has 21 heavy (non-hydrogen) atoms. The van der Waals surface area contributed by atoms with E-state index in [1.807, 2.05) is 24.3 Å². The van der Waals surface area contributed by atoms with Gasteiger partial charge in [-0.1, -0.05) is 26.7 Å². The van der Waals surface area contributed by atoms with Gasteiger partial charge in [-0.3, -0.25) is 0 Å². The molecule has 1 saturated carbocycles. The van der Waals surface area contributed by atoms with Gasteiger partial charge in [0.15, 0.2) is 0 Å². The quantitative estimate of drug-likeness (QED) is 0.760. The Morgan fingerprint density at radius 1 is 1.24 bits per heavy atom. The predicted molar refractivity (Wildman–Crippen MR) is 88.5 cm³/mol. The zero-order chi connectivity index (χ0) is 15.2. The smallest absolute Gasteiger partial charge is 0.316 e. The van der Waals surface area contributed by atoms with Crippen molar-refractivity contribution in [2.75, 3.05) is 10.6 Å². The van der Waals surface area contributed by atoms with Crippen molar-refractivity contribution < 1.29 is 4.79 Å². The largest absolute Gasteiger partial charge is 0.382 e. The Morgan fingerprint density at radius 2 is 1.90 bits per heavy atom. The summed E-state index contributed by atoms with van der Waals surface area (Å²) in [5.74, 6) is 1.64. The third-order valence-corrected chi connectivity index (χ3v) is 4.11. The zero-order valence-electron chi connectivity index (χ0n) is 13.1. The molecule has 0 aromatic heterocycles. The van der Waals surface area contributed by atoms with Crippen LogP contribution in [0.25, 0.3) is 0 Å². The summed E-state index contributed by atoms with van der Waals surface area (Å²) < 4.78 is 0. The van der Waals surface area contributed by atoms with Crippen molar-refractivity contribution >= 4 is 17.4 Å². The van der Waals surface area contributed by atoms with E-state index in [4.69, 9.17) is 5.73 Å². The molecule has 0 saturated heterocycles. The average Bonchev–Trinajstić information content (AvgIpc) is 2.40. The topological polar surface area (TPSA) is 67.2 Å².